The molecule has 1 nitrogen and oxygen atoms in total. The summed E-state index contributed by atoms with van der Waals surface area (Å²) in [4.78, 5) is 12.4. The summed E-state index contributed by atoms with van der Waals surface area (Å²) in [5.41, 5.74) is 2.13. The first kappa shape index (κ1) is 10.2. The summed E-state index contributed by atoms with van der Waals surface area (Å²) in [5.74, 6) is 0.960. The summed E-state index contributed by atoms with van der Waals surface area (Å²) < 4.78 is 0. The lowest BCUT2D eigenvalue weighted by Gasteiger charge is -2.12. The summed E-state index contributed by atoms with van der Waals surface area (Å²) in [6.07, 6.45) is 3.96. The monoisotopic (exact) mass is 216 g/mol. The van der Waals surface area contributed by atoms with Crippen molar-refractivity contribution in [2.45, 2.75) is 6.92 Å². The predicted octanol–water partition coefficient (Wildman–Crippen LogP) is 3.29. The van der Waals surface area contributed by atoms with Crippen molar-refractivity contribution in [1.82, 2.24) is 0 Å². The molecular formula is C13H12OS. The molecule has 0 amide bonds. The van der Waals surface area contributed by atoms with Crippen LogP contribution in [0.1, 0.15) is 12.5 Å². The van der Waals surface area contributed by atoms with Gasteiger partial charge in [0.2, 0.25) is 0 Å². The molecule has 0 N–H and O–H groups in total. The molecule has 15 heavy (non-hydrogen) atoms. The summed E-state index contributed by atoms with van der Waals surface area (Å²) in [5, 5.41) is 0. The molecule has 1 aromatic carbocycles. The number of carbonyl (C=O) groups is 1. The predicted molar refractivity (Wildman–Crippen MR) is 65.6 cm³/mol. The van der Waals surface area contributed by atoms with Crippen molar-refractivity contribution in [2.24, 2.45) is 0 Å². The average Bonchev–Trinajstić information content (AvgIpc) is 2.30. The van der Waals surface area contributed by atoms with Crippen LogP contribution < -0.4 is 0 Å². The molecule has 2 rings (SSSR count). The second-order valence-corrected chi connectivity index (χ2v) is 4.45. The first-order chi connectivity index (χ1) is 7.27. The Morgan fingerprint density at radius 2 is 1.93 bits per heavy atom. The van der Waals surface area contributed by atoms with Crippen LogP contribution in [0.25, 0.3) is 4.91 Å². The zero-order valence-corrected chi connectivity index (χ0v) is 9.38. The zero-order chi connectivity index (χ0) is 10.7. The zero-order valence-electron chi connectivity index (χ0n) is 8.57. The Kier molecular flexibility index (Phi) is 3.07. The van der Waals surface area contributed by atoms with E-state index in [1.165, 1.54) is 10.5 Å². The second-order valence-electron chi connectivity index (χ2n) is 3.43. The van der Waals surface area contributed by atoms with Crippen molar-refractivity contribution in [1.29, 1.82) is 0 Å². The maximum absolute atomic E-state index is 11.1. The molecule has 0 aromatic heterocycles. The first-order valence-corrected chi connectivity index (χ1v) is 5.86. The minimum Gasteiger partial charge on any atom is -0.295 e. The maximum Gasteiger partial charge on any atom is 0.156 e. The number of rotatable bonds is 2. The van der Waals surface area contributed by atoms with Crippen LogP contribution in [0.2, 0.25) is 0 Å². The molecule has 0 bridgehead atoms. The summed E-state index contributed by atoms with van der Waals surface area (Å²) in [6.45, 7) is 1.62. The number of allylic oxidation sites excluding steroid dienone is 2. The topological polar surface area (TPSA) is 17.1 Å². The number of hydrogen-bond donors (Lipinski definition) is 0. The lowest BCUT2D eigenvalue weighted by Crippen LogP contribution is -2.02. The molecule has 0 saturated heterocycles. The number of carbonyl (C=O) groups excluding carboxylic acids is 1. The van der Waals surface area contributed by atoms with Crippen molar-refractivity contribution in [3.8, 4) is 0 Å². The minimum absolute atomic E-state index is 0.172. The van der Waals surface area contributed by atoms with E-state index in [4.69, 9.17) is 0 Å². The molecular weight excluding hydrogens is 204 g/mol. The van der Waals surface area contributed by atoms with Gasteiger partial charge in [0.25, 0.3) is 0 Å². The lowest BCUT2D eigenvalue weighted by molar-refractivity contribution is -0.113. The van der Waals surface area contributed by atoms with Crippen molar-refractivity contribution in [2.75, 3.05) is 5.75 Å². The van der Waals surface area contributed by atoms with Crippen molar-refractivity contribution >= 4 is 22.5 Å². The largest absolute Gasteiger partial charge is 0.295 e. The quantitative estimate of drug-likeness (QED) is 0.754. The molecule has 1 aliphatic rings. The molecule has 1 aliphatic heterocycles. The van der Waals surface area contributed by atoms with Gasteiger partial charge in [-0.3, -0.25) is 4.79 Å². The van der Waals surface area contributed by atoms with E-state index in [0.717, 1.165) is 11.3 Å². The fraction of sp³-hybridized carbons (Fsp3) is 0.154. The van der Waals surface area contributed by atoms with Crippen LogP contribution in [-0.2, 0) is 4.79 Å². The van der Waals surface area contributed by atoms with Crippen molar-refractivity contribution in [3.63, 3.8) is 0 Å². The Labute approximate surface area is 93.9 Å². The highest BCUT2D eigenvalue weighted by molar-refractivity contribution is 8.08. The molecule has 0 fully saturated rings. The van der Waals surface area contributed by atoms with Crippen LogP contribution in [0, 0.1) is 0 Å². The number of benzene rings is 1. The Morgan fingerprint density at radius 3 is 2.47 bits per heavy atom. The van der Waals surface area contributed by atoms with E-state index in [1.54, 1.807) is 18.7 Å². The number of Topliss-reactive ketones (excluding diaryl/α,β-unsaturated/α-hetero) is 1. The van der Waals surface area contributed by atoms with Gasteiger partial charge in [0, 0.05) is 16.2 Å². The van der Waals surface area contributed by atoms with Gasteiger partial charge >= 0.3 is 0 Å². The average molecular weight is 216 g/mol. The highest BCUT2D eigenvalue weighted by Crippen LogP contribution is 2.32. The second kappa shape index (κ2) is 4.49. The summed E-state index contributed by atoms with van der Waals surface area (Å²) in [6, 6.07) is 10.2. The third-order valence-corrected chi connectivity index (χ3v) is 3.47. The van der Waals surface area contributed by atoms with E-state index in [9.17, 15) is 4.79 Å². The molecule has 0 spiro atoms. The molecule has 0 unspecified atom stereocenters. The molecule has 0 saturated carbocycles. The van der Waals surface area contributed by atoms with E-state index in [2.05, 4.69) is 12.1 Å². The fourth-order valence-corrected chi connectivity index (χ4v) is 2.51. The molecule has 76 valence electrons. The van der Waals surface area contributed by atoms with Gasteiger partial charge in [0.15, 0.2) is 5.78 Å². The molecule has 0 atom stereocenters. The van der Waals surface area contributed by atoms with E-state index in [1.807, 2.05) is 30.4 Å². The van der Waals surface area contributed by atoms with Crippen LogP contribution >= 0.6 is 11.8 Å². The third kappa shape index (κ3) is 2.39. The number of ketones is 1. The Hall–Kier alpha value is -1.28. The fourth-order valence-electron chi connectivity index (χ4n) is 1.43. The van der Waals surface area contributed by atoms with Gasteiger partial charge in [0.1, 0.15) is 0 Å². The Morgan fingerprint density at radius 1 is 1.20 bits per heavy atom. The normalized spacial score (nSPS) is 15.5. The van der Waals surface area contributed by atoms with Gasteiger partial charge in [-0.25, -0.2) is 0 Å². The first-order valence-electron chi connectivity index (χ1n) is 4.87. The van der Waals surface area contributed by atoms with Crippen LogP contribution in [0.5, 0.6) is 0 Å². The SMILES string of the molecule is CC(=O)C1=CC=C(c2ccccc2)SC1. The minimum atomic E-state index is 0.172. The Bertz CT molecular complexity index is 429. The van der Waals surface area contributed by atoms with Crippen molar-refractivity contribution in [3.05, 3.63) is 53.6 Å². The summed E-state index contributed by atoms with van der Waals surface area (Å²) in [7, 11) is 0. The highest BCUT2D eigenvalue weighted by atomic mass is 32.2. The molecule has 1 heterocycles. The van der Waals surface area contributed by atoms with Crippen molar-refractivity contribution < 1.29 is 4.79 Å². The van der Waals surface area contributed by atoms with Gasteiger partial charge in [-0.15, -0.1) is 11.8 Å². The van der Waals surface area contributed by atoms with Gasteiger partial charge in [0.05, 0.1) is 0 Å². The van der Waals surface area contributed by atoms with E-state index in [-0.39, 0.29) is 5.78 Å². The Balaban J connectivity index is 2.25. The molecule has 0 radical (unpaired) electrons. The standard InChI is InChI=1S/C13H12OS/c1-10(14)12-7-8-13(15-9-12)11-5-3-2-4-6-11/h2-8H,9H2,1H3. The lowest BCUT2D eigenvalue weighted by atomic mass is 10.1. The smallest absolute Gasteiger partial charge is 0.156 e. The highest BCUT2D eigenvalue weighted by Gasteiger charge is 2.11. The van der Waals surface area contributed by atoms with Crippen LogP contribution in [0.4, 0.5) is 0 Å². The van der Waals surface area contributed by atoms with Crippen LogP contribution in [-0.4, -0.2) is 11.5 Å². The van der Waals surface area contributed by atoms with Gasteiger partial charge in [-0.05, 0) is 18.6 Å². The van der Waals surface area contributed by atoms with Crippen LogP contribution in [0.15, 0.2) is 48.1 Å². The van der Waals surface area contributed by atoms with Crippen LogP contribution in [0.3, 0.4) is 0 Å². The molecule has 0 aliphatic carbocycles. The summed E-state index contributed by atoms with van der Waals surface area (Å²) >= 11 is 1.72. The number of hydrogen-bond acceptors (Lipinski definition) is 2. The van der Waals surface area contributed by atoms with E-state index < -0.39 is 0 Å². The van der Waals surface area contributed by atoms with Gasteiger partial charge in [-0.2, -0.15) is 0 Å². The van der Waals surface area contributed by atoms with Gasteiger partial charge < -0.3 is 0 Å². The number of thioether (sulfide) groups is 1. The maximum atomic E-state index is 11.1. The molecule has 2 heteroatoms. The third-order valence-electron chi connectivity index (χ3n) is 2.33. The van der Waals surface area contributed by atoms with E-state index >= 15 is 0 Å². The van der Waals surface area contributed by atoms with Gasteiger partial charge in [-0.1, -0.05) is 36.4 Å². The van der Waals surface area contributed by atoms with E-state index in [0.29, 0.717) is 0 Å². The molecule has 1 aromatic rings.